The fourth-order valence-corrected chi connectivity index (χ4v) is 4.94. The van der Waals surface area contributed by atoms with E-state index in [4.69, 9.17) is 4.74 Å². The number of anilines is 1. The Hall–Kier alpha value is -3.33. The minimum Gasteiger partial charge on any atom is -0.495 e. The third kappa shape index (κ3) is 4.77. The number of aromatic nitrogens is 2. The van der Waals surface area contributed by atoms with Crippen LogP contribution >= 0.6 is 0 Å². The summed E-state index contributed by atoms with van der Waals surface area (Å²) in [5.41, 5.74) is 2.45. The number of amides is 1. The molecule has 0 radical (unpaired) electrons. The second kappa shape index (κ2) is 9.04. The van der Waals surface area contributed by atoms with E-state index in [0.29, 0.717) is 5.69 Å². The van der Waals surface area contributed by atoms with Crippen molar-refractivity contribution in [3.63, 3.8) is 0 Å². The minimum atomic E-state index is -3.96. The van der Waals surface area contributed by atoms with Crippen molar-refractivity contribution in [2.24, 2.45) is 0 Å². The lowest BCUT2D eigenvalue weighted by Crippen LogP contribution is -2.23. The van der Waals surface area contributed by atoms with Gasteiger partial charge < -0.3 is 14.6 Å². The van der Waals surface area contributed by atoms with Gasteiger partial charge in [0.2, 0.25) is 0 Å². The van der Waals surface area contributed by atoms with Crippen molar-refractivity contribution < 1.29 is 17.9 Å². The largest absolute Gasteiger partial charge is 0.495 e. The molecule has 0 spiro atoms. The molecular weight excluding hydrogens is 428 g/mol. The topological polar surface area (TPSA) is 102 Å². The molecule has 0 aliphatic carbocycles. The number of carbonyl (C=O) groups is 1. The number of ether oxygens (including phenoxy) is 1. The third-order valence-corrected chi connectivity index (χ3v) is 6.81. The van der Waals surface area contributed by atoms with Gasteiger partial charge in [-0.3, -0.25) is 9.52 Å². The van der Waals surface area contributed by atoms with E-state index in [2.05, 4.69) is 19.6 Å². The fourth-order valence-electron chi connectivity index (χ4n) is 3.69. The number of nitrogens with zero attached hydrogens (tertiary/aromatic N) is 2. The summed E-state index contributed by atoms with van der Waals surface area (Å²) in [5, 5.41) is 2.83. The highest BCUT2D eigenvalue weighted by molar-refractivity contribution is 7.92. The molecule has 1 aliphatic heterocycles. The summed E-state index contributed by atoms with van der Waals surface area (Å²) in [6, 6.07) is 11.3. The van der Waals surface area contributed by atoms with E-state index < -0.39 is 10.0 Å². The van der Waals surface area contributed by atoms with Crippen LogP contribution in [0.25, 0.3) is 0 Å². The van der Waals surface area contributed by atoms with E-state index in [1.807, 2.05) is 25.3 Å². The zero-order chi connectivity index (χ0) is 22.7. The molecule has 32 heavy (non-hydrogen) atoms. The summed E-state index contributed by atoms with van der Waals surface area (Å²) < 4.78 is 35.9. The zero-order valence-corrected chi connectivity index (χ0v) is 18.9. The molecule has 8 nitrogen and oxygen atoms in total. The minimum absolute atomic E-state index is 0.106. The number of aryl methyl sites for hydroxylation is 3. The zero-order valence-electron chi connectivity index (χ0n) is 18.1. The second-order valence-electron chi connectivity index (χ2n) is 7.82. The Bertz CT molecular complexity index is 1210. The average molecular weight is 455 g/mol. The Kier molecular flexibility index (Phi) is 6.18. The normalized spacial score (nSPS) is 13.3. The highest BCUT2D eigenvalue weighted by atomic mass is 32.2. The highest BCUT2D eigenvalue weighted by Gasteiger charge is 2.22. The number of rotatable bonds is 7. The molecule has 9 heteroatoms. The summed E-state index contributed by atoms with van der Waals surface area (Å²) in [7, 11) is -2.58. The molecule has 4 rings (SSSR count). The van der Waals surface area contributed by atoms with Gasteiger partial charge in [0.1, 0.15) is 16.5 Å². The first-order chi connectivity index (χ1) is 15.4. The van der Waals surface area contributed by atoms with Crippen molar-refractivity contribution in [3.8, 4) is 5.75 Å². The van der Waals surface area contributed by atoms with E-state index in [0.717, 1.165) is 42.9 Å². The number of hydrogen-bond donors (Lipinski definition) is 2. The molecule has 2 heterocycles. The van der Waals surface area contributed by atoms with Crippen LogP contribution in [0.1, 0.15) is 40.3 Å². The Morgan fingerprint density at radius 1 is 1.16 bits per heavy atom. The number of benzene rings is 2. The number of imidazole rings is 1. The van der Waals surface area contributed by atoms with Crippen molar-refractivity contribution in [1.29, 1.82) is 0 Å². The van der Waals surface area contributed by atoms with E-state index in [-0.39, 0.29) is 28.7 Å². The van der Waals surface area contributed by atoms with Gasteiger partial charge in [0.25, 0.3) is 15.9 Å². The molecule has 0 unspecified atom stereocenters. The lowest BCUT2D eigenvalue weighted by Gasteiger charge is -2.13. The lowest BCUT2D eigenvalue weighted by atomic mass is 10.2. The molecule has 2 N–H and O–H groups in total. The van der Waals surface area contributed by atoms with Crippen LogP contribution in [0.5, 0.6) is 5.75 Å². The molecule has 2 aromatic carbocycles. The van der Waals surface area contributed by atoms with E-state index >= 15 is 0 Å². The summed E-state index contributed by atoms with van der Waals surface area (Å²) >= 11 is 0. The average Bonchev–Trinajstić information content (AvgIpc) is 3.21. The summed E-state index contributed by atoms with van der Waals surface area (Å²) in [6.45, 7) is 3.14. The van der Waals surface area contributed by atoms with Crippen LogP contribution in [-0.4, -0.2) is 31.0 Å². The molecule has 168 valence electrons. The van der Waals surface area contributed by atoms with Crippen LogP contribution in [0.3, 0.4) is 0 Å². The fraction of sp³-hybridized carbons (Fsp3) is 0.304. The van der Waals surface area contributed by atoms with Crippen LogP contribution in [0.2, 0.25) is 0 Å². The highest BCUT2D eigenvalue weighted by Crippen LogP contribution is 2.27. The van der Waals surface area contributed by atoms with Crippen molar-refractivity contribution >= 4 is 21.6 Å². The van der Waals surface area contributed by atoms with Gasteiger partial charge in [0.15, 0.2) is 0 Å². The number of fused-ring (bicyclic) bond motifs is 1. The summed E-state index contributed by atoms with van der Waals surface area (Å²) in [6.07, 6.45) is 5.17. The van der Waals surface area contributed by atoms with Gasteiger partial charge in [0, 0.05) is 30.4 Å². The molecule has 0 bridgehead atoms. The van der Waals surface area contributed by atoms with Crippen molar-refractivity contribution in [2.45, 2.75) is 44.2 Å². The predicted octanol–water partition coefficient (Wildman–Crippen LogP) is 3.27. The van der Waals surface area contributed by atoms with Crippen molar-refractivity contribution in [2.75, 3.05) is 11.8 Å². The maximum atomic E-state index is 13.0. The second-order valence-corrected chi connectivity index (χ2v) is 9.47. The maximum absolute atomic E-state index is 13.0. The SMILES string of the molecule is COc1ccc(C(=O)NCc2cn3c(n2)CCCC3)cc1S(=O)(=O)Nc1ccc(C)cc1. The Labute approximate surface area is 187 Å². The number of nitrogens with one attached hydrogen (secondary N) is 2. The van der Waals surface area contributed by atoms with E-state index in [1.165, 1.54) is 25.3 Å². The summed E-state index contributed by atoms with van der Waals surface area (Å²) in [5.74, 6) is 0.814. The Morgan fingerprint density at radius 3 is 2.66 bits per heavy atom. The first-order valence-corrected chi connectivity index (χ1v) is 11.9. The van der Waals surface area contributed by atoms with Gasteiger partial charge >= 0.3 is 0 Å². The molecule has 0 fully saturated rings. The van der Waals surface area contributed by atoms with Gasteiger partial charge in [-0.1, -0.05) is 17.7 Å². The molecule has 1 amide bonds. The van der Waals surface area contributed by atoms with Crippen LogP contribution in [0.4, 0.5) is 5.69 Å². The molecule has 1 aliphatic rings. The standard InChI is InChI=1S/C23H26N4O4S/c1-16-6-9-18(10-7-16)26-32(29,30)21-13-17(8-11-20(21)31-2)23(28)24-14-19-15-27-12-4-3-5-22(27)25-19/h6-11,13,15,26H,3-5,12,14H2,1-2H3,(H,24,28). The molecule has 3 aromatic rings. The van der Waals surface area contributed by atoms with Gasteiger partial charge in [-0.25, -0.2) is 13.4 Å². The monoisotopic (exact) mass is 454 g/mol. The van der Waals surface area contributed by atoms with Crippen LogP contribution in [0, 0.1) is 6.92 Å². The Morgan fingerprint density at radius 2 is 1.94 bits per heavy atom. The first-order valence-electron chi connectivity index (χ1n) is 10.5. The Balaban J connectivity index is 1.52. The maximum Gasteiger partial charge on any atom is 0.265 e. The van der Waals surface area contributed by atoms with Gasteiger partial charge in [0.05, 0.1) is 19.3 Å². The van der Waals surface area contributed by atoms with Crippen molar-refractivity contribution in [3.05, 3.63) is 71.3 Å². The molecule has 0 saturated carbocycles. The van der Waals surface area contributed by atoms with Crippen molar-refractivity contribution in [1.82, 2.24) is 14.9 Å². The van der Waals surface area contributed by atoms with Crippen LogP contribution in [0.15, 0.2) is 53.6 Å². The third-order valence-electron chi connectivity index (χ3n) is 5.41. The molecule has 0 atom stereocenters. The molecular formula is C23H26N4O4S. The number of methoxy groups -OCH3 is 1. The van der Waals surface area contributed by atoms with Crippen LogP contribution in [-0.2, 0) is 29.5 Å². The first kappa shape index (κ1) is 21.9. The molecule has 0 saturated heterocycles. The number of carbonyl (C=O) groups excluding carboxylic acids is 1. The quantitative estimate of drug-likeness (QED) is 0.570. The molecule has 1 aromatic heterocycles. The van der Waals surface area contributed by atoms with Gasteiger partial charge in [-0.15, -0.1) is 0 Å². The van der Waals surface area contributed by atoms with Gasteiger partial charge in [-0.05, 0) is 50.1 Å². The lowest BCUT2D eigenvalue weighted by molar-refractivity contribution is 0.0950. The number of sulfonamides is 1. The van der Waals surface area contributed by atoms with E-state index in [1.54, 1.807) is 12.1 Å². The smallest absolute Gasteiger partial charge is 0.265 e. The van der Waals surface area contributed by atoms with Crippen LogP contribution < -0.4 is 14.8 Å². The van der Waals surface area contributed by atoms with Gasteiger partial charge in [-0.2, -0.15) is 0 Å². The number of hydrogen-bond acceptors (Lipinski definition) is 5. The van der Waals surface area contributed by atoms with E-state index in [9.17, 15) is 13.2 Å². The predicted molar refractivity (Wildman–Crippen MR) is 121 cm³/mol. The summed E-state index contributed by atoms with van der Waals surface area (Å²) in [4.78, 5) is 17.2.